The number of allylic oxidation sites excluding steroid dienone is 12. The predicted molar refractivity (Wildman–Crippen MR) is 307 cm³/mol. The van der Waals surface area contributed by atoms with Gasteiger partial charge in [-0.05, 0) is 70.6 Å². The van der Waals surface area contributed by atoms with Crippen LogP contribution < -0.4 is 0 Å². The number of unbranched alkanes of at least 4 members (excludes halogenated alkanes) is 32. The van der Waals surface area contributed by atoms with E-state index in [2.05, 4.69) is 93.7 Å². The van der Waals surface area contributed by atoms with Gasteiger partial charge in [0.25, 0.3) is 0 Å². The van der Waals surface area contributed by atoms with Crippen LogP contribution in [0.3, 0.4) is 0 Å². The van der Waals surface area contributed by atoms with Gasteiger partial charge in [-0.1, -0.05) is 286 Å². The van der Waals surface area contributed by atoms with Crippen LogP contribution in [0.1, 0.15) is 303 Å². The molecule has 0 aromatic heterocycles. The van der Waals surface area contributed by atoms with E-state index in [0.717, 1.165) is 96.3 Å². The third-order valence-electron chi connectivity index (χ3n) is 13.2. The minimum atomic E-state index is -0.768. The second kappa shape index (κ2) is 59.4. The van der Waals surface area contributed by atoms with Gasteiger partial charge in [0.1, 0.15) is 13.2 Å². The van der Waals surface area contributed by atoms with Crippen molar-refractivity contribution in [3.63, 3.8) is 0 Å². The molecule has 0 aromatic carbocycles. The van der Waals surface area contributed by atoms with E-state index in [-0.39, 0.29) is 31.1 Å². The van der Waals surface area contributed by atoms with Crippen LogP contribution in [-0.2, 0) is 28.6 Å². The van der Waals surface area contributed by atoms with Crippen LogP contribution in [0, 0.1) is 0 Å². The molecule has 0 fully saturated rings. The highest BCUT2D eigenvalue weighted by atomic mass is 16.6. The van der Waals surface area contributed by atoms with Crippen molar-refractivity contribution in [2.45, 2.75) is 309 Å². The Labute approximate surface area is 440 Å². The molecule has 1 atom stereocenters. The Bertz CT molecular complexity index is 1320. The Balaban J connectivity index is 4.01. The molecule has 0 aliphatic rings. The number of hydrogen-bond acceptors (Lipinski definition) is 6. The zero-order valence-corrected chi connectivity index (χ0v) is 47.0. The SMILES string of the molecule is CC/C=C\C/C=C\C/C=C\C/C=C\C/C=C\C/C=C\CCCCCCCCCCCCCCCCC(=O)OCC(COC(=O)CCCCCCCCC)OC(=O)CCCCCCCCCCCCCCC. The first-order valence-electron chi connectivity index (χ1n) is 30.4. The first kappa shape index (κ1) is 67.8. The maximum absolute atomic E-state index is 12.8. The van der Waals surface area contributed by atoms with E-state index in [1.165, 1.54) is 167 Å². The predicted octanol–water partition coefficient (Wildman–Crippen LogP) is 20.5. The zero-order chi connectivity index (χ0) is 51.4. The van der Waals surface area contributed by atoms with Crippen molar-refractivity contribution < 1.29 is 28.6 Å². The highest BCUT2D eigenvalue weighted by molar-refractivity contribution is 5.71. The van der Waals surface area contributed by atoms with Crippen molar-refractivity contribution in [2.75, 3.05) is 13.2 Å². The fraction of sp³-hybridized carbons (Fsp3) is 0.769. The molecule has 0 heterocycles. The minimum Gasteiger partial charge on any atom is -0.462 e. The summed E-state index contributed by atoms with van der Waals surface area (Å²) in [5.41, 5.74) is 0. The number of hydrogen-bond donors (Lipinski definition) is 0. The molecule has 0 spiro atoms. The van der Waals surface area contributed by atoms with Crippen LogP contribution >= 0.6 is 0 Å². The number of carbonyl (C=O) groups excluding carboxylic acids is 3. The van der Waals surface area contributed by atoms with E-state index in [4.69, 9.17) is 14.2 Å². The summed E-state index contributed by atoms with van der Waals surface area (Å²) in [7, 11) is 0. The van der Waals surface area contributed by atoms with Gasteiger partial charge in [-0.2, -0.15) is 0 Å². The van der Waals surface area contributed by atoms with Crippen LogP contribution in [0.15, 0.2) is 72.9 Å². The van der Waals surface area contributed by atoms with Crippen molar-refractivity contribution in [1.29, 1.82) is 0 Å². The molecule has 6 nitrogen and oxygen atoms in total. The average Bonchev–Trinajstić information content (AvgIpc) is 3.37. The summed E-state index contributed by atoms with van der Waals surface area (Å²) in [6.07, 6.45) is 76.5. The fourth-order valence-electron chi connectivity index (χ4n) is 8.68. The monoisotopic (exact) mass is 991 g/mol. The molecular formula is C65H114O6. The van der Waals surface area contributed by atoms with E-state index in [9.17, 15) is 14.4 Å². The molecule has 71 heavy (non-hydrogen) atoms. The maximum Gasteiger partial charge on any atom is 0.306 e. The van der Waals surface area contributed by atoms with Crippen molar-refractivity contribution in [2.24, 2.45) is 0 Å². The van der Waals surface area contributed by atoms with Gasteiger partial charge < -0.3 is 14.2 Å². The Morgan fingerprint density at radius 3 is 0.859 bits per heavy atom. The minimum absolute atomic E-state index is 0.0702. The number of esters is 3. The summed E-state index contributed by atoms with van der Waals surface area (Å²) >= 11 is 0. The van der Waals surface area contributed by atoms with E-state index >= 15 is 0 Å². The van der Waals surface area contributed by atoms with Crippen molar-refractivity contribution in [3.8, 4) is 0 Å². The molecule has 0 saturated heterocycles. The summed E-state index contributed by atoms with van der Waals surface area (Å²) in [5.74, 6) is -0.865. The standard InChI is InChI=1S/C65H114O6/c1-4-7-10-13-16-18-20-22-23-24-25-26-27-28-29-30-31-32-33-34-35-36-37-38-39-40-41-43-44-46-49-52-55-58-64(67)70-61-62(60-69-63(66)57-54-51-48-15-12-9-6-3)71-65(68)59-56-53-50-47-45-42-21-19-17-14-11-8-5-2/h7,10,16,18,22-23,25-26,28-29,31-32,62H,4-6,8-9,11-15,17,19-21,24,27,30,33-61H2,1-3H3/b10-7-,18-16-,23-22-,26-25-,29-28-,32-31-. The molecule has 0 amide bonds. The van der Waals surface area contributed by atoms with Crippen LogP contribution in [0.5, 0.6) is 0 Å². The highest BCUT2D eigenvalue weighted by Gasteiger charge is 2.19. The molecule has 6 heteroatoms. The lowest BCUT2D eigenvalue weighted by molar-refractivity contribution is -0.167. The fourth-order valence-corrected chi connectivity index (χ4v) is 8.68. The molecule has 0 bridgehead atoms. The topological polar surface area (TPSA) is 78.9 Å². The second-order valence-electron chi connectivity index (χ2n) is 20.2. The van der Waals surface area contributed by atoms with Crippen LogP contribution in [0.2, 0.25) is 0 Å². The van der Waals surface area contributed by atoms with E-state index < -0.39 is 6.10 Å². The lowest BCUT2D eigenvalue weighted by Gasteiger charge is -2.18. The quantitative estimate of drug-likeness (QED) is 0.0261. The Morgan fingerprint density at radius 2 is 0.549 bits per heavy atom. The summed E-state index contributed by atoms with van der Waals surface area (Å²) in [4.78, 5) is 37.9. The van der Waals surface area contributed by atoms with Gasteiger partial charge in [0.05, 0.1) is 0 Å². The van der Waals surface area contributed by atoms with Gasteiger partial charge in [0, 0.05) is 19.3 Å². The van der Waals surface area contributed by atoms with Gasteiger partial charge in [-0.3, -0.25) is 14.4 Å². The summed E-state index contributed by atoms with van der Waals surface area (Å²) in [6.45, 7) is 6.50. The zero-order valence-electron chi connectivity index (χ0n) is 47.0. The first-order valence-corrected chi connectivity index (χ1v) is 30.4. The highest BCUT2D eigenvalue weighted by Crippen LogP contribution is 2.17. The number of carbonyl (C=O) groups is 3. The van der Waals surface area contributed by atoms with Crippen LogP contribution in [0.25, 0.3) is 0 Å². The summed E-state index contributed by atoms with van der Waals surface area (Å²) < 4.78 is 16.8. The molecule has 0 N–H and O–H groups in total. The van der Waals surface area contributed by atoms with Crippen molar-refractivity contribution in [1.82, 2.24) is 0 Å². The second-order valence-corrected chi connectivity index (χ2v) is 20.2. The molecule has 0 aliphatic heterocycles. The van der Waals surface area contributed by atoms with Crippen LogP contribution in [0.4, 0.5) is 0 Å². The molecule has 410 valence electrons. The number of ether oxygens (including phenoxy) is 3. The smallest absolute Gasteiger partial charge is 0.306 e. The first-order chi connectivity index (χ1) is 35.0. The van der Waals surface area contributed by atoms with E-state index in [1.807, 2.05) is 0 Å². The molecule has 0 aromatic rings. The lowest BCUT2D eigenvalue weighted by Crippen LogP contribution is -2.30. The average molecular weight is 992 g/mol. The third kappa shape index (κ3) is 57.6. The van der Waals surface area contributed by atoms with Gasteiger partial charge in [-0.25, -0.2) is 0 Å². The Kier molecular flexibility index (Phi) is 56.8. The Morgan fingerprint density at radius 1 is 0.296 bits per heavy atom. The Hall–Kier alpha value is -3.15. The molecule has 1 unspecified atom stereocenters. The molecule has 0 radical (unpaired) electrons. The lowest BCUT2D eigenvalue weighted by atomic mass is 10.0. The third-order valence-corrected chi connectivity index (χ3v) is 13.2. The largest absolute Gasteiger partial charge is 0.462 e. The summed E-state index contributed by atoms with van der Waals surface area (Å²) in [6, 6.07) is 0. The molecule has 0 rings (SSSR count). The van der Waals surface area contributed by atoms with E-state index in [0.29, 0.717) is 19.3 Å². The van der Waals surface area contributed by atoms with Crippen molar-refractivity contribution >= 4 is 17.9 Å². The van der Waals surface area contributed by atoms with Gasteiger partial charge >= 0.3 is 17.9 Å². The van der Waals surface area contributed by atoms with E-state index in [1.54, 1.807) is 0 Å². The van der Waals surface area contributed by atoms with Gasteiger partial charge in [0.2, 0.25) is 0 Å². The molecule has 0 aliphatic carbocycles. The van der Waals surface area contributed by atoms with Crippen LogP contribution in [-0.4, -0.2) is 37.2 Å². The molecule has 0 saturated carbocycles. The normalized spacial score (nSPS) is 12.5. The van der Waals surface area contributed by atoms with Gasteiger partial charge in [0.15, 0.2) is 6.10 Å². The number of rotatable bonds is 55. The summed E-state index contributed by atoms with van der Waals surface area (Å²) in [5, 5.41) is 0. The maximum atomic E-state index is 12.8. The molecular weight excluding hydrogens is 877 g/mol. The van der Waals surface area contributed by atoms with Gasteiger partial charge in [-0.15, -0.1) is 0 Å². The van der Waals surface area contributed by atoms with Crippen molar-refractivity contribution in [3.05, 3.63) is 72.9 Å².